The summed E-state index contributed by atoms with van der Waals surface area (Å²) < 4.78 is 13.7. The number of aryl methyl sites for hydroxylation is 1. The van der Waals surface area contributed by atoms with Gasteiger partial charge in [0, 0.05) is 48.2 Å². The zero-order chi connectivity index (χ0) is 17.4. The van der Waals surface area contributed by atoms with Crippen molar-refractivity contribution in [2.24, 2.45) is 4.99 Å². The Morgan fingerprint density at radius 1 is 1.29 bits per heavy atom. The number of aromatic nitrogens is 1. The van der Waals surface area contributed by atoms with Crippen LogP contribution in [0.3, 0.4) is 0 Å². The van der Waals surface area contributed by atoms with Gasteiger partial charge in [-0.15, -0.1) is 11.3 Å². The maximum Gasteiger partial charge on any atom is 0.191 e. The summed E-state index contributed by atoms with van der Waals surface area (Å²) >= 11 is 7.77. The standard InChI is InChI=1S/C17H22ClFN4S/c1-3-12-11-23-16(24-12)8-10-22-17(20-2)21-9-7-13-14(18)5-4-6-15(13)19/h4-6,11H,3,7-10H2,1-2H3,(H2,20,21,22). The summed E-state index contributed by atoms with van der Waals surface area (Å²) in [6, 6.07) is 4.73. The monoisotopic (exact) mass is 368 g/mol. The number of guanidine groups is 1. The van der Waals surface area contributed by atoms with Crippen LogP contribution in [0.25, 0.3) is 0 Å². The molecule has 130 valence electrons. The van der Waals surface area contributed by atoms with Crippen molar-refractivity contribution in [3.05, 3.63) is 50.7 Å². The fourth-order valence-corrected chi connectivity index (χ4v) is 3.33. The van der Waals surface area contributed by atoms with Gasteiger partial charge in [-0.05, 0) is 25.0 Å². The highest BCUT2D eigenvalue weighted by molar-refractivity contribution is 7.11. The van der Waals surface area contributed by atoms with E-state index in [1.54, 1.807) is 30.5 Å². The molecule has 1 aromatic heterocycles. The number of rotatable bonds is 7. The first kappa shape index (κ1) is 18.7. The van der Waals surface area contributed by atoms with E-state index in [0.717, 1.165) is 24.4 Å². The van der Waals surface area contributed by atoms with Gasteiger partial charge in [-0.1, -0.05) is 24.6 Å². The van der Waals surface area contributed by atoms with E-state index >= 15 is 0 Å². The number of nitrogens with zero attached hydrogens (tertiary/aromatic N) is 2. The third-order valence-corrected chi connectivity index (χ3v) is 5.09. The largest absolute Gasteiger partial charge is 0.356 e. The Morgan fingerprint density at radius 2 is 2.04 bits per heavy atom. The van der Waals surface area contributed by atoms with E-state index < -0.39 is 0 Å². The first-order valence-corrected chi connectivity index (χ1v) is 9.14. The average Bonchev–Trinajstić information content (AvgIpc) is 3.04. The molecule has 0 radical (unpaired) electrons. The Morgan fingerprint density at radius 3 is 2.67 bits per heavy atom. The predicted octanol–water partition coefficient (Wildman–Crippen LogP) is 3.45. The van der Waals surface area contributed by atoms with Gasteiger partial charge >= 0.3 is 0 Å². The molecular weight excluding hydrogens is 347 g/mol. The lowest BCUT2D eigenvalue weighted by Crippen LogP contribution is -2.39. The van der Waals surface area contributed by atoms with Crippen LogP contribution in [0, 0.1) is 5.82 Å². The van der Waals surface area contributed by atoms with E-state index in [-0.39, 0.29) is 5.82 Å². The second kappa shape index (κ2) is 9.59. The van der Waals surface area contributed by atoms with E-state index in [9.17, 15) is 4.39 Å². The molecule has 1 aromatic carbocycles. The Hall–Kier alpha value is -1.66. The third-order valence-electron chi connectivity index (χ3n) is 3.53. The molecule has 0 spiro atoms. The molecule has 2 N–H and O–H groups in total. The fraction of sp³-hybridized carbons (Fsp3) is 0.412. The van der Waals surface area contributed by atoms with Crippen molar-refractivity contribution in [1.29, 1.82) is 0 Å². The van der Waals surface area contributed by atoms with Gasteiger partial charge in [0.2, 0.25) is 0 Å². The minimum absolute atomic E-state index is 0.275. The molecule has 0 amide bonds. The van der Waals surface area contributed by atoms with Gasteiger partial charge in [0.25, 0.3) is 0 Å². The summed E-state index contributed by atoms with van der Waals surface area (Å²) in [6.45, 7) is 3.43. The van der Waals surface area contributed by atoms with Crippen molar-refractivity contribution in [1.82, 2.24) is 15.6 Å². The van der Waals surface area contributed by atoms with E-state index in [1.807, 2.05) is 6.20 Å². The Kier molecular flexibility index (Phi) is 7.46. The second-order valence-corrected chi connectivity index (χ2v) is 6.81. The summed E-state index contributed by atoms with van der Waals surface area (Å²) in [7, 11) is 1.71. The Balaban J connectivity index is 1.74. The fourth-order valence-electron chi connectivity index (χ4n) is 2.21. The average molecular weight is 369 g/mol. The summed E-state index contributed by atoms with van der Waals surface area (Å²) in [5, 5.41) is 7.98. The van der Waals surface area contributed by atoms with Crippen molar-refractivity contribution in [3.63, 3.8) is 0 Å². The number of aliphatic imine (C=N–C) groups is 1. The number of thiazole rings is 1. The minimum atomic E-state index is -0.275. The third kappa shape index (κ3) is 5.46. The van der Waals surface area contributed by atoms with Crippen LogP contribution in [0.1, 0.15) is 22.4 Å². The van der Waals surface area contributed by atoms with Crippen molar-refractivity contribution >= 4 is 28.9 Å². The molecule has 24 heavy (non-hydrogen) atoms. The number of hydrogen-bond acceptors (Lipinski definition) is 3. The molecule has 2 rings (SSSR count). The molecule has 0 unspecified atom stereocenters. The highest BCUT2D eigenvalue weighted by Gasteiger charge is 2.07. The molecule has 0 bridgehead atoms. The van der Waals surface area contributed by atoms with Crippen LogP contribution in [0.4, 0.5) is 4.39 Å². The topological polar surface area (TPSA) is 49.3 Å². The minimum Gasteiger partial charge on any atom is -0.356 e. The van der Waals surface area contributed by atoms with Crippen LogP contribution in [0.15, 0.2) is 29.4 Å². The molecule has 7 heteroatoms. The van der Waals surface area contributed by atoms with Crippen LogP contribution in [0.2, 0.25) is 5.02 Å². The Labute approximate surface area is 151 Å². The molecule has 0 aliphatic carbocycles. The van der Waals surface area contributed by atoms with Crippen LogP contribution in [-0.2, 0) is 19.3 Å². The predicted molar refractivity (Wildman–Crippen MR) is 99.7 cm³/mol. The van der Waals surface area contributed by atoms with Gasteiger partial charge in [-0.25, -0.2) is 9.37 Å². The van der Waals surface area contributed by atoms with Crippen molar-refractivity contribution in [2.45, 2.75) is 26.2 Å². The van der Waals surface area contributed by atoms with Crippen LogP contribution >= 0.6 is 22.9 Å². The van der Waals surface area contributed by atoms with E-state index in [0.29, 0.717) is 29.5 Å². The SMILES string of the molecule is CCc1cnc(CCNC(=NC)NCCc2c(F)cccc2Cl)s1. The van der Waals surface area contributed by atoms with Crippen molar-refractivity contribution < 1.29 is 4.39 Å². The molecule has 0 atom stereocenters. The molecule has 4 nitrogen and oxygen atoms in total. The Bertz CT molecular complexity index is 667. The van der Waals surface area contributed by atoms with Gasteiger partial charge in [0.15, 0.2) is 5.96 Å². The van der Waals surface area contributed by atoms with Crippen molar-refractivity contribution in [3.8, 4) is 0 Å². The van der Waals surface area contributed by atoms with Crippen LogP contribution < -0.4 is 10.6 Å². The first-order valence-electron chi connectivity index (χ1n) is 7.95. The van der Waals surface area contributed by atoms with E-state index in [1.165, 1.54) is 10.9 Å². The van der Waals surface area contributed by atoms with Gasteiger partial charge < -0.3 is 10.6 Å². The smallest absolute Gasteiger partial charge is 0.191 e. The highest BCUT2D eigenvalue weighted by atomic mass is 35.5. The zero-order valence-corrected chi connectivity index (χ0v) is 15.5. The molecule has 0 saturated carbocycles. The molecule has 0 fully saturated rings. The number of benzene rings is 1. The lowest BCUT2D eigenvalue weighted by molar-refractivity contribution is 0.607. The van der Waals surface area contributed by atoms with E-state index in [2.05, 4.69) is 27.5 Å². The zero-order valence-electron chi connectivity index (χ0n) is 13.9. The summed E-state index contributed by atoms with van der Waals surface area (Å²) in [5.74, 6) is 0.414. The molecule has 0 aliphatic heterocycles. The summed E-state index contributed by atoms with van der Waals surface area (Å²) in [4.78, 5) is 9.86. The molecular formula is C17H22ClFN4S. The van der Waals surface area contributed by atoms with Crippen LogP contribution in [-0.4, -0.2) is 31.1 Å². The lowest BCUT2D eigenvalue weighted by Gasteiger charge is -2.12. The highest BCUT2D eigenvalue weighted by Crippen LogP contribution is 2.19. The quantitative estimate of drug-likeness (QED) is 0.581. The molecule has 0 aliphatic rings. The van der Waals surface area contributed by atoms with E-state index in [4.69, 9.17) is 11.6 Å². The number of halogens is 2. The van der Waals surface area contributed by atoms with Gasteiger partial charge in [-0.3, -0.25) is 4.99 Å². The van der Waals surface area contributed by atoms with Crippen molar-refractivity contribution in [2.75, 3.05) is 20.1 Å². The van der Waals surface area contributed by atoms with Gasteiger partial charge in [0.1, 0.15) is 5.82 Å². The first-order chi connectivity index (χ1) is 11.6. The lowest BCUT2D eigenvalue weighted by atomic mass is 10.1. The number of hydrogen-bond donors (Lipinski definition) is 2. The molecule has 0 saturated heterocycles. The summed E-state index contributed by atoms with van der Waals surface area (Å²) in [5.41, 5.74) is 0.525. The maximum absolute atomic E-state index is 13.7. The van der Waals surface area contributed by atoms with Crippen LogP contribution in [0.5, 0.6) is 0 Å². The second-order valence-electron chi connectivity index (χ2n) is 5.20. The maximum atomic E-state index is 13.7. The van der Waals surface area contributed by atoms with Gasteiger partial charge in [0.05, 0.1) is 5.01 Å². The molecule has 2 aromatic rings. The summed E-state index contributed by atoms with van der Waals surface area (Å²) in [6.07, 6.45) is 4.31. The van der Waals surface area contributed by atoms with Gasteiger partial charge in [-0.2, -0.15) is 0 Å². The molecule has 1 heterocycles. The normalized spacial score (nSPS) is 11.6. The number of nitrogens with one attached hydrogen (secondary N) is 2.